The zero-order chi connectivity index (χ0) is 13.5. The summed E-state index contributed by atoms with van der Waals surface area (Å²) in [6, 6.07) is 7.95. The summed E-state index contributed by atoms with van der Waals surface area (Å²) in [5.74, 6) is 0.902. The molecule has 0 N–H and O–H groups in total. The Hall–Kier alpha value is -0.880. The number of benzene rings is 1. The second-order valence-electron chi connectivity index (χ2n) is 5.25. The van der Waals surface area contributed by atoms with E-state index in [1.807, 2.05) is 18.2 Å². The quantitative estimate of drug-likeness (QED) is 0.448. The Morgan fingerprint density at radius 2 is 2.05 bits per heavy atom. The largest absolute Gasteiger partial charge is 0.371 e. The van der Waals surface area contributed by atoms with Gasteiger partial charge in [-0.05, 0) is 49.6 Å². The number of nitrogens with zero attached hydrogens (tertiary/aromatic N) is 1. The molecule has 1 fully saturated rings. The summed E-state index contributed by atoms with van der Waals surface area (Å²) in [4.78, 5) is 13.5. The molecule has 1 aromatic carbocycles. The molecule has 0 spiro atoms. The second-order valence-corrected chi connectivity index (χ2v) is 6.96. The minimum atomic E-state index is 0.827. The minimum Gasteiger partial charge on any atom is -0.371 e. The fourth-order valence-electron chi connectivity index (χ4n) is 2.82. The third kappa shape index (κ3) is 4.04. The van der Waals surface area contributed by atoms with Crippen molar-refractivity contribution < 1.29 is 4.79 Å². The highest BCUT2D eigenvalue weighted by atomic mass is 31.1. The molecular weight excluding hydrogens is 253 g/mol. The van der Waals surface area contributed by atoms with Gasteiger partial charge in [-0.1, -0.05) is 19.1 Å². The van der Waals surface area contributed by atoms with Crippen LogP contribution in [0.15, 0.2) is 24.3 Å². The van der Waals surface area contributed by atoms with Crippen LogP contribution in [-0.2, 0) is 0 Å². The maximum absolute atomic E-state index is 11.1. The van der Waals surface area contributed by atoms with Gasteiger partial charge < -0.3 is 4.90 Å². The number of aldehydes is 1. The van der Waals surface area contributed by atoms with Crippen molar-refractivity contribution in [2.45, 2.75) is 26.2 Å². The molecule has 3 heteroatoms. The van der Waals surface area contributed by atoms with Crippen molar-refractivity contribution in [3.8, 4) is 0 Å². The number of piperidine rings is 1. The standard InChI is InChI=1S/C16H24NOP/c1-2-19-12-9-14-7-10-17(11-8-14)16-6-4-3-5-15(16)13-18/h3-6,13-14,19H,2,7-12H2,1H3. The molecule has 104 valence electrons. The first-order valence-electron chi connectivity index (χ1n) is 7.35. The SMILES string of the molecule is CCPCCC1CCN(c2ccccc2C=O)CC1. The number of carbonyl (C=O) groups is 1. The highest BCUT2D eigenvalue weighted by molar-refractivity contribution is 7.37. The molecular formula is C16H24NOP. The van der Waals surface area contributed by atoms with E-state index in [1.54, 1.807) is 0 Å². The Kier molecular flexibility index (Phi) is 5.85. The van der Waals surface area contributed by atoms with Crippen molar-refractivity contribution in [2.75, 3.05) is 30.3 Å². The van der Waals surface area contributed by atoms with Gasteiger partial charge in [0, 0.05) is 24.3 Å². The van der Waals surface area contributed by atoms with Crippen LogP contribution < -0.4 is 4.90 Å². The number of carbonyl (C=O) groups excluding carboxylic acids is 1. The van der Waals surface area contributed by atoms with Gasteiger partial charge in [0.2, 0.25) is 0 Å². The Morgan fingerprint density at radius 1 is 1.32 bits per heavy atom. The molecule has 1 saturated heterocycles. The van der Waals surface area contributed by atoms with Gasteiger partial charge in [0.25, 0.3) is 0 Å². The van der Waals surface area contributed by atoms with E-state index in [0.29, 0.717) is 0 Å². The summed E-state index contributed by atoms with van der Waals surface area (Å²) in [7, 11) is 1.14. The van der Waals surface area contributed by atoms with E-state index < -0.39 is 0 Å². The van der Waals surface area contributed by atoms with E-state index in [-0.39, 0.29) is 0 Å². The van der Waals surface area contributed by atoms with E-state index in [9.17, 15) is 4.79 Å². The summed E-state index contributed by atoms with van der Waals surface area (Å²) >= 11 is 0. The summed E-state index contributed by atoms with van der Waals surface area (Å²) in [6.07, 6.45) is 7.68. The first kappa shape index (κ1) is 14.5. The van der Waals surface area contributed by atoms with Gasteiger partial charge in [-0.25, -0.2) is 0 Å². The molecule has 1 unspecified atom stereocenters. The smallest absolute Gasteiger partial charge is 0.152 e. The molecule has 2 rings (SSSR count). The van der Waals surface area contributed by atoms with Crippen LogP contribution in [0.4, 0.5) is 5.69 Å². The predicted octanol–water partition coefficient (Wildman–Crippen LogP) is 3.80. The minimum absolute atomic E-state index is 0.827. The second kappa shape index (κ2) is 7.65. The molecule has 1 aliphatic rings. The van der Waals surface area contributed by atoms with Crippen LogP contribution in [0.5, 0.6) is 0 Å². The molecule has 1 aromatic rings. The molecule has 0 saturated carbocycles. The molecule has 1 aliphatic heterocycles. The molecule has 0 amide bonds. The Balaban J connectivity index is 1.87. The molecule has 1 atom stereocenters. The van der Waals surface area contributed by atoms with Crippen LogP contribution in [-0.4, -0.2) is 31.7 Å². The lowest BCUT2D eigenvalue weighted by Gasteiger charge is -2.34. The fraction of sp³-hybridized carbons (Fsp3) is 0.562. The number of rotatable bonds is 6. The lowest BCUT2D eigenvalue weighted by Crippen LogP contribution is -2.34. The third-order valence-electron chi connectivity index (χ3n) is 4.00. The van der Waals surface area contributed by atoms with E-state index in [0.717, 1.165) is 45.1 Å². The van der Waals surface area contributed by atoms with Gasteiger partial charge in [0.15, 0.2) is 6.29 Å². The lowest BCUT2D eigenvalue weighted by molar-refractivity contribution is 0.112. The van der Waals surface area contributed by atoms with E-state index in [2.05, 4.69) is 17.9 Å². The van der Waals surface area contributed by atoms with Crippen molar-refractivity contribution in [3.05, 3.63) is 29.8 Å². The van der Waals surface area contributed by atoms with E-state index in [1.165, 1.54) is 31.6 Å². The van der Waals surface area contributed by atoms with E-state index >= 15 is 0 Å². The molecule has 0 bridgehead atoms. The predicted molar refractivity (Wildman–Crippen MR) is 85.1 cm³/mol. The van der Waals surface area contributed by atoms with Crippen LogP contribution >= 0.6 is 8.58 Å². The van der Waals surface area contributed by atoms with Crippen LogP contribution in [0.2, 0.25) is 0 Å². The molecule has 0 aliphatic carbocycles. The van der Waals surface area contributed by atoms with E-state index in [4.69, 9.17) is 0 Å². The summed E-state index contributed by atoms with van der Waals surface area (Å²) in [5.41, 5.74) is 1.94. The van der Waals surface area contributed by atoms with Crippen molar-refractivity contribution in [2.24, 2.45) is 5.92 Å². The summed E-state index contributed by atoms with van der Waals surface area (Å²) in [6.45, 7) is 4.48. The van der Waals surface area contributed by atoms with Gasteiger partial charge in [-0.3, -0.25) is 4.79 Å². The molecule has 19 heavy (non-hydrogen) atoms. The van der Waals surface area contributed by atoms with Crippen LogP contribution in [0.3, 0.4) is 0 Å². The van der Waals surface area contributed by atoms with Crippen LogP contribution in [0.25, 0.3) is 0 Å². The number of anilines is 1. The van der Waals surface area contributed by atoms with Crippen molar-refractivity contribution >= 4 is 20.6 Å². The first-order valence-corrected chi connectivity index (χ1v) is 8.76. The summed E-state index contributed by atoms with van der Waals surface area (Å²) in [5, 5.41) is 0. The summed E-state index contributed by atoms with van der Waals surface area (Å²) < 4.78 is 0. The number of hydrogen-bond acceptors (Lipinski definition) is 2. The Morgan fingerprint density at radius 3 is 2.74 bits per heavy atom. The van der Waals surface area contributed by atoms with Gasteiger partial charge >= 0.3 is 0 Å². The molecule has 2 nitrogen and oxygen atoms in total. The Labute approximate surface area is 118 Å². The van der Waals surface area contributed by atoms with Gasteiger partial charge in [-0.2, -0.15) is 0 Å². The Bertz CT molecular complexity index is 399. The fourth-order valence-corrected chi connectivity index (χ4v) is 3.79. The van der Waals surface area contributed by atoms with Gasteiger partial charge in [0.1, 0.15) is 0 Å². The number of hydrogen-bond donors (Lipinski definition) is 0. The average molecular weight is 277 g/mol. The number of para-hydroxylation sites is 1. The topological polar surface area (TPSA) is 20.3 Å². The van der Waals surface area contributed by atoms with Crippen molar-refractivity contribution in [3.63, 3.8) is 0 Å². The first-order chi connectivity index (χ1) is 9.35. The lowest BCUT2D eigenvalue weighted by atomic mass is 9.93. The van der Waals surface area contributed by atoms with Gasteiger partial charge in [0.05, 0.1) is 0 Å². The average Bonchev–Trinajstić information content (AvgIpc) is 2.48. The highest BCUT2D eigenvalue weighted by Crippen LogP contribution is 2.28. The molecule has 0 radical (unpaired) electrons. The molecule has 0 aromatic heterocycles. The zero-order valence-electron chi connectivity index (χ0n) is 11.8. The normalized spacial score (nSPS) is 17.2. The highest BCUT2D eigenvalue weighted by Gasteiger charge is 2.20. The zero-order valence-corrected chi connectivity index (χ0v) is 12.8. The maximum atomic E-state index is 11.1. The maximum Gasteiger partial charge on any atom is 0.152 e. The van der Waals surface area contributed by atoms with Crippen LogP contribution in [0, 0.1) is 5.92 Å². The van der Waals surface area contributed by atoms with Crippen LogP contribution in [0.1, 0.15) is 36.5 Å². The monoisotopic (exact) mass is 277 g/mol. The molecule has 1 heterocycles. The van der Waals surface area contributed by atoms with Crippen molar-refractivity contribution in [1.29, 1.82) is 0 Å². The van der Waals surface area contributed by atoms with Crippen molar-refractivity contribution in [1.82, 2.24) is 0 Å². The van der Waals surface area contributed by atoms with Gasteiger partial charge in [-0.15, -0.1) is 8.58 Å². The third-order valence-corrected chi connectivity index (χ3v) is 5.14.